The van der Waals surface area contributed by atoms with Crippen LogP contribution in [0.3, 0.4) is 0 Å². The normalized spacial score (nSPS) is 12.1. The maximum Gasteiger partial charge on any atom is 1.00 e. The molecule has 1 heterocycles. The van der Waals surface area contributed by atoms with E-state index in [1.165, 1.54) is 24.3 Å². The maximum absolute atomic E-state index is 13.3. The van der Waals surface area contributed by atoms with Crippen molar-refractivity contribution in [1.82, 2.24) is 0 Å². The number of thioether (sulfide) groups is 1. The summed E-state index contributed by atoms with van der Waals surface area (Å²) in [6.07, 6.45) is 0. The van der Waals surface area contributed by atoms with Crippen LogP contribution in [0.1, 0.15) is 11.1 Å². The van der Waals surface area contributed by atoms with Crippen LogP contribution in [0, 0.1) is 5.82 Å². The van der Waals surface area contributed by atoms with Crippen LogP contribution in [0.5, 0.6) is 0 Å². The molecule has 10 heteroatoms. The second-order valence-corrected chi connectivity index (χ2v) is 8.47. The van der Waals surface area contributed by atoms with Crippen molar-refractivity contribution in [2.45, 2.75) is 4.90 Å². The van der Waals surface area contributed by atoms with Crippen molar-refractivity contribution in [3.05, 3.63) is 94.8 Å². The van der Waals surface area contributed by atoms with E-state index in [1.807, 2.05) is 60.5 Å². The van der Waals surface area contributed by atoms with Gasteiger partial charge >= 0.3 is 59.1 Å². The molecule has 0 atom stereocenters. The summed E-state index contributed by atoms with van der Waals surface area (Å²) in [5.74, 6) is -0.419. The number of fused-ring (bicyclic) bond motifs is 2. The van der Waals surface area contributed by atoms with Crippen LogP contribution in [-0.4, -0.2) is 7.05 Å². The van der Waals surface area contributed by atoms with Gasteiger partial charge in [0.15, 0.2) is 5.09 Å². The average molecular weight is 473 g/mol. The fourth-order valence-corrected chi connectivity index (χ4v) is 4.80. The average Bonchev–Trinajstić information content (AvgIpc) is 2.69. The largest absolute Gasteiger partial charge is 1.00 e. The van der Waals surface area contributed by atoms with Gasteiger partial charge in [0.2, 0.25) is 0 Å². The summed E-state index contributed by atoms with van der Waals surface area (Å²) >= 11 is 0.959. The molecule has 0 aliphatic carbocycles. The maximum atomic E-state index is 13.3. The van der Waals surface area contributed by atoms with E-state index in [1.54, 1.807) is 0 Å². The number of nitrogens with zero attached hydrogens (tertiary/aromatic N) is 1. The van der Waals surface area contributed by atoms with Crippen molar-refractivity contribution in [1.29, 1.82) is 0 Å². The van der Waals surface area contributed by atoms with Gasteiger partial charge in [0.1, 0.15) is 13.6 Å². The summed E-state index contributed by atoms with van der Waals surface area (Å²) < 4.78 is 29.8. The van der Waals surface area contributed by atoms with Gasteiger partial charge in [-0.1, -0.05) is 48.2 Å². The first-order valence-corrected chi connectivity index (χ1v) is 10.9. The molecular weight excluding hydrogens is 458 g/mol. The number of halogens is 1. The number of phosphoric acid groups is 1. The molecule has 0 N–H and O–H groups in total. The van der Waals surface area contributed by atoms with Gasteiger partial charge in [0, 0.05) is 40.0 Å². The van der Waals surface area contributed by atoms with Crippen molar-refractivity contribution >= 4 is 36.5 Å². The summed E-state index contributed by atoms with van der Waals surface area (Å²) in [5, 5.41) is -0.0714. The molecule has 31 heavy (non-hydrogen) atoms. The molecule has 0 fully saturated rings. The third-order valence-electron chi connectivity index (χ3n) is 4.49. The Morgan fingerprint density at radius 2 is 1.39 bits per heavy atom. The molecule has 4 rings (SSSR count). The monoisotopic (exact) mass is 473 g/mol. The van der Waals surface area contributed by atoms with Gasteiger partial charge in [-0.05, 0) is 36.4 Å². The molecule has 0 radical (unpaired) electrons. The van der Waals surface area contributed by atoms with Gasteiger partial charge in [-0.2, -0.15) is 0 Å². The van der Waals surface area contributed by atoms with Gasteiger partial charge in [0.05, 0.1) is 0 Å². The molecule has 1 aliphatic rings. The zero-order valence-corrected chi connectivity index (χ0v) is 23.0. The van der Waals surface area contributed by atoms with Gasteiger partial charge < -0.3 is 23.8 Å². The quantitative estimate of drug-likeness (QED) is 0.194. The van der Waals surface area contributed by atoms with Crippen LogP contribution < -0.4 is 73.8 Å². The molecule has 3 aromatic rings. The van der Waals surface area contributed by atoms with E-state index in [-0.39, 0.29) is 64.2 Å². The van der Waals surface area contributed by atoms with Crippen molar-refractivity contribution in [3.8, 4) is 0 Å². The van der Waals surface area contributed by atoms with Crippen molar-refractivity contribution in [2.75, 3.05) is 11.9 Å². The predicted octanol–water partition coefficient (Wildman–Crippen LogP) is -1.73. The molecule has 0 saturated carbocycles. The number of rotatable bonds is 4. The number of anilines is 2. The van der Waals surface area contributed by atoms with Crippen molar-refractivity contribution in [2.24, 2.45) is 0 Å². The zero-order chi connectivity index (χ0) is 20.6. The van der Waals surface area contributed by atoms with Crippen molar-refractivity contribution < 1.29 is 82.4 Å². The van der Waals surface area contributed by atoms with E-state index in [0.29, 0.717) is 10.5 Å². The van der Waals surface area contributed by atoms with E-state index in [9.17, 15) is 18.7 Å². The van der Waals surface area contributed by atoms with Crippen LogP contribution in [0.4, 0.5) is 15.8 Å². The van der Waals surface area contributed by atoms with Crippen LogP contribution in [0.25, 0.3) is 5.57 Å². The Kier molecular flexibility index (Phi) is 9.50. The third kappa shape index (κ3) is 6.06. The molecule has 0 aromatic heterocycles. The second-order valence-electron chi connectivity index (χ2n) is 6.35. The SMILES string of the molecule is CN1c2ccccc2C(=C(OP(=O)([O-])[O-])Sc2ccc(F)cc2)c2ccccc21.[Na+].[Na+]. The van der Waals surface area contributed by atoms with E-state index in [2.05, 4.69) is 0 Å². The smallest absolute Gasteiger partial charge is 0.780 e. The van der Waals surface area contributed by atoms with E-state index < -0.39 is 13.6 Å². The Morgan fingerprint density at radius 3 is 1.87 bits per heavy atom. The molecule has 0 amide bonds. The van der Waals surface area contributed by atoms with Crippen LogP contribution in [-0.2, 0) is 9.09 Å². The molecule has 0 spiro atoms. The number of para-hydroxylation sites is 2. The topological polar surface area (TPSA) is 75.7 Å². The number of phosphoric ester groups is 1. The Labute approximate surface area is 228 Å². The van der Waals surface area contributed by atoms with E-state index in [4.69, 9.17) is 4.52 Å². The van der Waals surface area contributed by atoms with E-state index >= 15 is 0 Å². The Bertz CT molecular complexity index is 1100. The Balaban J connectivity index is 0.00000171. The summed E-state index contributed by atoms with van der Waals surface area (Å²) in [6.45, 7) is 0. The van der Waals surface area contributed by atoms with Gasteiger partial charge in [0.25, 0.3) is 0 Å². The van der Waals surface area contributed by atoms with Gasteiger partial charge in [-0.15, -0.1) is 0 Å². The molecule has 1 aliphatic heterocycles. The molecule has 0 saturated heterocycles. The second kappa shape index (κ2) is 11.0. The van der Waals surface area contributed by atoms with Crippen LogP contribution in [0.15, 0.2) is 82.8 Å². The predicted molar refractivity (Wildman–Crippen MR) is 108 cm³/mol. The standard InChI is InChI=1S/C21H17FNO4PS.2Na/c1-23-18-8-4-2-6-16(18)20(17-7-3-5-9-19(17)23)21(27-28(24,25)26)29-15-12-10-14(22)11-13-15;;/h2-13H,1H3,(H2,24,25,26);;/q;2*+1/p-2. The van der Waals surface area contributed by atoms with E-state index in [0.717, 1.165) is 34.3 Å². The first-order chi connectivity index (χ1) is 13.8. The molecule has 0 bridgehead atoms. The zero-order valence-electron chi connectivity index (χ0n) is 17.2. The number of hydrogen-bond acceptors (Lipinski definition) is 6. The summed E-state index contributed by atoms with van der Waals surface area (Å²) in [5.41, 5.74) is 3.64. The Morgan fingerprint density at radius 1 is 0.903 bits per heavy atom. The minimum atomic E-state index is -5.34. The first-order valence-electron chi connectivity index (χ1n) is 8.65. The van der Waals surface area contributed by atoms with Gasteiger partial charge in [-0.3, -0.25) is 0 Å². The number of benzene rings is 3. The summed E-state index contributed by atoms with van der Waals surface area (Å²) in [7, 11) is -3.43. The fourth-order valence-electron chi connectivity index (χ4n) is 3.28. The minimum absolute atomic E-state index is 0. The van der Waals surface area contributed by atoms with Crippen LogP contribution >= 0.6 is 19.6 Å². The molecule has 5 nitrogen and oxygen atoms in total. The molecule has 3 aromatic carbocycles. The van der Waals surface area contributed by atoms with Crippen LogP contribution in [0.2, 0.25) is 0 Å². The van der Waals surface area contributed by atoms with Gasteiger partial charge in [-0.25, -0.2) is 4.39 Å². The molecular formula is C21H15FNNa2O4PS. The Hall–Kier alpha value is -0.570. The number of hydrogen-bond donors (Lipinski definition) is 0. The summed E-state index contributed by atoms with van der Waals surface area (Å²) in [4.78, 5) is 25.6. The third-order valence-corrected chi connectivity index (χ3v) is 6.00. The van der Waals surface area contributed by atoms with Crippen molar-refractivity contribution in [3.63, 3.8) is 0 Å². The molecule has 148 valence electrons. The minimum Gasteiger partial charge on any atom is -0.780 e. The molecule has 0 unspecified atom stereocenters. The summed E-state index contributed by atoms with van der Waals surface area (Å²) in [6, 6.07) is 20.4. The first kappa shape index (κ1) is 26.7. The fraction of sp³-hybridized carbons (Fsp3) is 0.0476.